The van der Waals surface area contributed by atoms with Crippen molar-refractivity contribution in [3.8, 4) is 0 Å². The minimum Gasteiger partial charge on any atom is -0.356 e. The van der Waals surface area contributed by atoms with Gasteiger partial charge in [-0.15, -0.1) is 35.3 Å². The maximum atomic E-state index is 12.5. The first-order valence-electron chi connectivity index (χ1n) is 7.66. The van der Waals surface area contributed by atoms with Gasteiger partial charge in [-0.05, 0) is 6.42 Å². The largest absolute Gasteiger partial charge is 0.434 e. The molecule has 0 aromatic carbocycles. The summed E-state index contributed by atoms with van der Waals surface area (Å²) in [4.78, 5) is 7.55. The fourth-order valence-corrected chi connectivity index (χ4v) is 4.64. The van der Waals surface area contributed by atoms with E-state index >= 15 is 0 Å². The molecule has 1 aliphatic rings. The third kappa shape index (κ3) is 6.81. The van der Waals surface area contributed by atoms with Crippen LogP contribution in [0.3, 0.4) is 0 Å². The minimum absolute atomic E-state index is 0. The van der Waals surface area contributed by atoms with Crippen molar-refractivity contribution in [3.05, 3.63) is 16.1 Å². The van der Waals surface area contributed by atoms with Crippen LogP contribution in [0, 0.1) is 0 Å². The molecule has 1 saturated heterocycles. The number of rotatable bonds is 6. The van der Waals surface area contributed by atoms with E-state index in [1.54, 1.807) is 7.05 Å². The molecule has 2 rings (SSSR count). The van der Waals surface area contributed by atoms with Gasteiger partial charge >= 0.3 is 6.18 Å². The fourth-order valence-electron chi connectivity index (χ4n) is 2.31. The zero-order chi connectivity index (χ0) is 18.5. The highest BCUT2D eigenvalue weighted by Gasteiger charge is 2.33. The van der Waals surface area contributed by atoms with Gasteiger partial charge in [0, 0.05) is 45.0 Å². The summed E-state index contributed by atoms with van der Waals surface area (Å²) in [6, 6.07) is 0. The van der Waals surface area contributed by atoms with Crippen molar-refractivity contribution in [2.75, 3.05) is 39.0 Å². The number of aliphatic imine (C=N–C) groups is 1. The summed E-state index contributed by atoms with van der Waals surface area (Å²) in [5.41, 5.74) is -0.873. The number of nitrogens with zero attached hydrogens (tertiary/aromatic N) is 3. The monoisotopic (exact) mass is 527 g/mol. The highest BCUT2D eigenvalue weighted by Crippen LogP contribution is 2.29. The molecule has 0 atom stereocenters. The van der Waals surface area contributed by atoms with Gasteiger partial charge in [-0.25, -0.2) is 17.7 Å². The molecule has 0 radical (unpaired) electrons. The summed E-state index contributed by atoms with van der Waals surface area (Å²) in [6.07, 6.45) is -3.44. The van der Waals surface area contributed by atoms with Crippen molar-refractivity contribution >= 4 is 51.3 Å². The zero-order valence-electron chi connectivity index (χ0n) is 14.0. The average Bonchev–Trinajstić information content (AvgIpc) is 3.12. The van der Waals surface area contributed by atoms with Gasteiger partial charge in [0.2, 0.25) is 10.0 Å². The Morgan fingerprint density at radius 2 is 2.08 bits per heavy atom. The van der Waals surface area contributed by atoms with Gasteiger partial charge in [0.05, 0.1) is 10.8 Å². The number of guanidine groups is 1. The Morgan fingerprint density at radius 3 is 2.62 bits per heavy atom. The standard InChI is InChI=1S/C13H20F3N5O2S2.HI/c1-17-12(19-5-7-21-6-2-8-25(21,22)23)18-4-3-11-20-10(9-24-11)13(14,15)16;/h9H,2-8H2,1H3,(H2,17,18,19);1H. The van der Waals surface area contributed by atoms with Gasteiger partial charge in [0.1, 0.15) is 0 Å². The van der Waals surface area contributed by atoms with Crippen LogP contribution >= 0.6 is 35.3 Å². The number of hydrogen-bond donors (Lipinski definition) is 2. The molecular formula is C13H21F3IN5O2S2. The Hall–Kier alpha value is -0.670. The molecule has 13 heteroatoms. The zero-order valence-corrected chi connectivity index (χ0v) is 18.0. The molecule has 1 aromatic rings. The molecule has 0 saturated carbocycles. The summed E-state index contributed by atoms with van der Waals surface area (Å²) < 4.78 is 62.2. The molecule has 7 nitrogen and oxygen atoms in total. The van der Waals surface area contributed by atoms with Gasteiger partial charge in [-0.2, -0.15) is 13.2 Å². The quantitative estimate of drug-likeness (QED) is 0.333. The van der Waals surface area contributed by atoms with Crippen LogP contribution in [0.15, 0.2) is 10.4 Å². The summed E-state index contributed by atoms with van der Waals surface area (Å²) >= 11 is 0.965. The predicted molar refractivity (Wildman–Crippen MR) is 106 cm³/mol. The van der Waals surface area contributed by atoms with E-state index in [-0.39, 0.29) is 29.7 Å². The topological polar surface area (TPSA) is 86.7 Å². The molecule has 26 heavy (non-hydrogen) atoms. The maximum absolute atomic E-state index is 12.5. The summed E-state index contributed by atoms with van der Waals surface area (Å²) in [6.45, 7) is 1.65. The van der Waals surface area contributed by atoms with Crippen molar-refractivity contribution < 1.29 is 21.6 Å². The smallest absolute Gasteiger partial charge is 0.356 e. The number of halogens is 4. The maximum Gasteiger partial charge on any atom is 0.434 e. The molecule has 1 aliphatic heterocycles. The number of sulfonamides is 1. The second kappa shape index (κ2) is 10.0. The van der Waals surface area contributed by atoms with E-state index in [9.17, 15) is 21.6 Å². The van der Waals surface area contributed by atoms with E-state index in [2.05, 4.69) is 20.6 Å². The Kier molecular flexibility index (Phi) is 9.02. The van der Waals surface area contributed by atoms with Gasteiger partial charge < -0.3 is 10.6 Å². The number of hydrogen-bond acceptors (Lipinski definition) is 5. The van der Waals surface area contributed by atoms with E-state index in [1.165, 1.54) is 4.31 Å². The molecule has 150 valence electrons. The normalized spacial score (nSPS) is 17.8. The molecule has 0 unspecified atom stereocenters. The van der Waals surface area contributed by atoms with Crippen molar-refractivity contribution in [1.82, 2.24) is 19.9 Å². The highest BCUT2D eigenvalue weighted by molar-refractivity contribution is 14.0. The SMILES string of the molecule is CN=C(NCCc1nc(C(F)(F)F)cs1)NCCN1CCCS1(=O)=O.I. The summed E-state index contributed by atoms with van der Waals surface area (Å²) in [7, 11) is -1.56. The molecule has 0 bridgehead atoms. The van der Waals surface area contributed by atoms with Gasteiger partial charge in [-0.3, -0.25) is 4.99 Å². The number of aromatic nitrogens is 1. The molecule has 2 N–H and O–H groups in total. The predicted octanol–water partition coefficient (Wildman–Crippen LogP) is 1.52. The van der Waals surface area contributed by atoms with Crippen LogP contribution < -0.4 is 10.6 Å². The van der Waals surface area contributed by atoms with Gasteiger partial charge in [0.15, 0.2) is 11.7 Å². The average molecular weight is 527 g/mol. The molecule has 2 heterocycles. The van der Waals surface area contributed by atoms with Crippen LogP contribution in [-0.4, -0.2) is 62.6 Å². The second-order valence-corrected chi connectivity index (χ2v) is 8.40. The first kappa shape index (κ1) is 23.4. The van der Waals surface area contributed by atoms with Crippen molar-refractivity contribution in [3.63, 3.8) is 0 Å². The van der Waals surface area contributed by atoms with Gasteiger partial charge in [-0.1, -0.05) is 0 Å². The third-order valence-electron chi connectivity index (χ3n) is 3.55. The first-order chi connectivity index (χ1) is 11.7. The molecule has 0 aliphatic carbocycles. The van der Waals surface area contributed by atoms with Crippen molar-refractivity contribution in [1.29, 1.82) is 0 Å². The lowest BCUT2D eigenvalue weighted by Crippen LogP contribution is -2.42. The molecule has 1 aromatic heterocycles. The lowest BCUT2D eigenvalue weighted by Gasteiger charge is -2.16. The first-order valence-corrected chi connectivity index (χ1v) is 10.1. The number of thiazole rings is 1. The van der Waals surface area contributed by atoms with Crippen LogP contribution in [-0.2, 0) is 22.6 Å². The van der Waals surface area contributed by atoms with E-state index < -0.39 is 21.9 Å². The van der Waals surface area contributed by atoms with E-state index in [4.69, 9.17) is 0 Å². The van der Waals surface area contributed by atoms with Gasteiger partial charge in [0.25, 0.3) is 0 Å². The Balaban J connectivity index is 0.00000338. The minimum atomic E-state index is -4.42. The van der Waals surface area contributed by atoms with Crippen LogP contribution in [0.2, 0.25) is 0 Å². The lowest BCUT2D eigenvalue weighted by atomic mass is 10.4. The Bertz CT molecular complexity index is 709. The molecular weight excluding hydrogens is 506 g/mol. The third-order valence-corrected chi connectivity index (χ3v) is 6.42. The van der Waals surface area contributed by atoms with Crippen LogP contribution in [0.25, 0.3) is 0 Å². The van der Waals surface area contributed by atoms with E-state index in [0.29, 0.717) is 50.0 Å². The molecule has 0 amide bonds. The Morgan fingerprint density at radius 1 is 1.38 bits per heavy atom. The highest BCUT2D eigenvalue weighted by atomic mass is 127. The number of nitrogens with one attached hydrogen (secondary N) is 2. The lowest BCUT2D eigenvalue weighted by molar-refractivity contribution is -0.140. The number of alkyl halides is 3. The van der Waals surface area contributed by atoms with Crippen molar-refractivity contribution in [2.24, 2.45) is 4.99 Å². The van der Waals surface area contributed by atoms with Crippen molar-refractivity contribution in [2.45, 2.75) is 19.0 Å². The van der Waals surface area contributed by atoms with Crippen LogP contribution in [0.4, 0.5) is 13.2 Å². The van der Waals surface area contributed by atoms with E-state index in [1.807, 2.05) is 0 Å². The molecule has 0 spiro atoms. The molecule has 1 fully saturated rings. The summed E-state index contributed by atoms with van der Waals surface area (Å²) in [5, 5.41) is 7.34. The fraction of sp³-hybridized carbons (Fsp3) is 0.692. The summed E-state index contributed by atoms with van der Waals surface area (Å²) in [5.74, 6) is 0.650. The van der Waals surface area contributed by atoms with Crippen LogP contribution in [0.1, 0.15) is 17.1 Å². The van der Waals surface area contributed by atoms with Crippen LogP contribution in [0.5, 0.6) is 0 Å². The Labute approximate surface area is 171 Å². The van der Waals surface area contributed by atoms with E-state index in [0.717, 1.165) is 16.7 Å². The second-order valence-electron chi connectivity index (χ2n) is 5.37.